The molecule has 1 fully saturated rings. The number of carbonyl (C=O) groups is 1. The summed E-state index contributed by atoms with van der Waals surface area (Å²) in [4.78, 5) is 20.2. The van der Waals surface area contributed by atoms with Gasteiger partial charge in [0.05, 0.1) is 23.4 Å². The minimum absolute atomic E-state index is 0.00544. The molecule has 4 aromatic rings. The Bertz CT molecular complexity index is 1270. The molecule has 5 nitrogen and oxygen atoms in total. The lowest BCUT2D eigenvalue weighted by Crippen LogP contribution is -2.38. The number of aliphatic hydroxyl groups is 1. The molecule has 0 atom stereocenters. The predicted molar refractivity (Wildman–Crippen MR) is 136 cm³/mol. The van der Waals surface area contributed by atoms with Crippen LogP contribution in [0.25, 0.3) is 10.9 Å². The molecule has 34 heavy (non-hydrogen) atoms. The number of nitrogens with one attached hydrogen (secondary N) is 1. The van der Waals surface area contributed by atoms with Crippen molar-refractivity contribution in [2.45, 2.75) is 31.9 Å². The number of fused-ring (bicyclic) bond motifs is 1. The van der Waals surface area contributed by atoms with E-state index in [9.17, 15) is 9.90 Å². The van der Waals surface area contributed by atoms with E-state index in [-0.39, 0.29) is 12.5 Å². The van der Waals surface area contributed by atoms with E-state index in [1.54, 1.807) is 6.20 Å². The Morgan fingerprint density at radius 1 is 0.941 bits per heavy atom. The lowest BCUT2D eigenvalue weighted by Gasteiger charge is -2.33. The fraction of sp³-hybridized carbons (Fsp3) is 0.241. The van der Waals surface area contributed by atoms with Crippen molar-refractivity contribution in [2.24, 2.45) is 0 Å². The molecule has 1 aliphatic heterocycles. The summed E-state index contributed by atoms with van der Waals surface area (Å²) in [5.41, 5.74) is 5.32. The lowest BCUT2D eigenvalue weighted by molar-refractivity contribution is 0.0713. The lowest BCUT2D eigenvalue weighted by atomic mass is 9.89. The van der Waals surface area contributed by atoms with Crippen molar-refractivity contribution >= 4 is 22.5 Å². The highest BCUT2D eigenvalue weighted by atomic mass is 16.3. The summed E-state index contributed by atoms with van der Waals surface area (Å²) in [5.74, 6) is 0.494. The first kappa shape index (κ1) is 22.1. The molecule has 5 heteroatoms. The highest BCUT2D eigenvalue weighted by Gasteiger charge is 2.27. The Kier molecular flexibility index (Phi) is 6.54. The van der Waals surface area contributed by atoms with Gasteiger partial charge in [-0.25, -0.2) is 0 Å². The molecule has 0 saturated carbocycles. The van der Waals surface area contributed by atoms with E-state index in [0.29, 0.717) is 18.0 Å². The van der Waals surface area contributed by atoms with Crippen molar-refractivity contribution in [3.63, 3.8) is 0 Å². The maximum absolute atomic E-state index is 13.7. The molecule has 5 rings (SSSR count). The van der Waals surface area contributed by atoms with Gasteiger partial charge < -0.3 is 15.3 Å². The third kappa shape index (κ3) is 4.52. The van der Waals surface area contributed by atoms with Crippen LogP contribution in [-0.4, -0.2) is 34.0 Å². The molecule has 1 aromatic heterocycles. The van der Waals surface area contributed by atoms with E-state index in [1.165, 1.54) is 5.56 Å². The Morgan fingerprint density at radius 3 is 2.35 bits per heavy atom. The molecule has 172 valence electrons. The summed E-state index contributed by atoms with van der Waals surface area (Å²) in [5, 5.41) is 14.2. The van der Waals surface area contributed by atoms with Gasteiger partial charge in [-0.1, -0.05) is 78.9 Å². The van der Waals surface area contributed by atoms with E-state index in [0.717, 1.165) is 53.6 Å². The zero-order valence-corrected chi connectivity index (χ0v) is 19.2. The predicted octanol–water partition coefficient (Wildman–Crippen LogP) is 5.36. The minimum Gasteiger partial charge on any atom is -0.392 e. The fourth-order valence-corrected chi connectivity index (χ4v) is 4.86. The third-order valence-corrected chi connectivity index (χ3v) is 6.75. The number of likely N-dealkylation sites (tertiary alicyclic amines) is 1. The zero-order valence-electron chi connectivity index (χ0n) is 19.2. The van der Waals surface area contributed by atoms with Crippen LogP contribution in [0.2, 0.25) is 0 Å². The summed E-state index contributed by atoms with van der Waals surface area (Å²) in [6.45, 7) is 1.96. The maximum Gasteiger partial charge on any atom is 0.257 e. The van der Waals surface area contributed by atoms with Crippen LogP contribution in [0.5, 0.6) is 0 Å². The number of carbonyl (C=O) groups excluding carboxylic acids is 1. The minimum atomic E-state index is -0.0945. The highest BCUT2D eigenvalue weighted by Crippen LogP contribution is 2.32. The monoisotopic (exact) mass is 451 g/mol. The molecule has 0 radical (unpaired) electrons. The number of benzene rings is 3. The van der Waals surface area contributed by atoms with E-state index in [4.69, 9.17) is 0 Å². The summed E-state index contributed by atoms with van der Waals surface area (Å²) >= 11 is 0. The largest absolute Gasteiger partial charge is 0.392 e. The first-order chi connectivity index (χ1) is 16.7. The highest BCUT2D eigenvalue weighted by molar-refractivity contribution is 6.07. The van der Waals surface area contributed by atoms with Gasteiger partial charge in [0.1, 0.15) is 0 Å². The topological polar surface area (TPSA) is 65.5 Å². The van der Waals surface area contributed by atoms with Gasteiger partial charge in [-0.2, -0.15) is 0 Å². The van der Waals surface area contributed by atoms with Crippen molar-refractivity contribution in [1.29, 1.82) is 0 Å². The molecule has 1 saturated heterocycles. The fourth-order valence-electron chi connectivity index (χ4n) is 4.86. The van der Waals surface area contributed by atoms with Gasteiger partial charge in [-0.05, 0) is 29.9 Å². The molecule has 0 bridgehead atoms. The molecule has 1 aliphatic rings. The molecule has 3 aromatic carbocycles. The zero-order chi connectivity index (χ0) is 23.3. The number of piperidine rings is 1. The van der Waals surface area contributed by atoms with E-state index >= 15 is 0 Å². The molecule has 2 heterocycles. The van der Waals surface area contributed by atoms with Gasteiger partial charge in [0, 0.05) is 36.8 Å². The third-order valence-electron chi connectivity index (χ3n) is 6.75. The van der Waals surface area contributed by atoms with Gasteiger partial charge in [0.2, 0.25) is 0 Å². The number of pyridine rings is 1. The van der Waals surface area contributed by atoms with Gasteiger partial charge in [0.25, 0.3) is 5.91 Å². The molecule has 2 N–H and O–H groups in total. The summed E-state index contributed by atoms with van der Waals surface area (Å²) < 4.78 is 0. The van der Waals surface area contributed by atoms with Gasteiger partial charge in [0.15, 0.2) is 0 Å². The van der Waals surface area contributed by atoms with E-state index < -0.39 is 0 Å². The Morgan fingerprint density at radius 2 is 1.65 bits per heavy atom. The first-order valence-electron chi connectivity index (χ1n) is 11.9. The Balaban J connectivity index is 1.43. The number of para-hydroxylation sites is 1. The number of aliphatic hydroxyl groups excluding tert-OH is 1. The van der Waals surface area contributed by atoms with Crippen LogP contribution in [0.3, 0.4) is 0 Å². The van der Waals surface area contributed by atoms with Crippen LogP contribution >= 0.6 is 0 Å². The van der Waals surface area contributed by atoms with E-state index in [2.05, 4.69) is 46.7 Å². The van der Waals surface area contributed by atoms with Crippen LogP contribution < -0.4 is 5.32 Å². The number of aromatic nitrogens is 1. The second-order valence-electron chi connectivity index (χ2n) is 8.83. The quantitative estimate of drug-likeness (QED) is 0.414. The normalized spacial score (nSPS) is 14.3. The number of amides is 1. The van der Waals surface area contributed by atoms with Crippen molar-refractivity contribution in [3.8, 4) is 0 Å². The summed E-state index contributed by atoms with van der Waals surface area (Å²) in [7, 11) is 0. The van der Waals surface area contributed by atoms with Crippen LogP contribution in [0.1, 0.15) is 45.8 Å². The van der Waals surface area contributed by atoms with Crippen LogP contribution in [-0.2, 0) is 13.2 Å². The number of hydrogen-bond donors (Lipinski definition) is 2. The number of hydrogen-bond acceptors (Lipinski definition) is 4. The van der Waals surface area contributed by atoms with Gasteiger partial charge in [-0.3, -0.25) is 9.78 Å². The summed E-state index contributed by atoms with van der Waals surface area (Å²) in [6, 6.07) is 26.4. The maximum atomic E-state index is 13.7. The van der Waals surface area contributed by atoms with E-state index in [1.807, 2.05) is 47.4 Å². The molecule has 1 amide bonds. The second kappa shape index (κ2) is 10.1. The van der Waals surface area contributed by atoms with Crippen molar-refractivity contribution in [1.82, 2.24) is 9.88 Å². The average molecular weight is 452 g/mol. The van der Waals surface area contributed by atoms with Gasteiger partial charge in [-0.15, -0.1) is 0 Å². The molecule has 0 spiro atoms. The molecular formula is C29H29N3O2. The first-order valence-corrected chi connectivity index (χ1v) is 11.9. The number of anilines is 1. The SMILES string of the molecule is O=C(c1cnc2c(CO)cccc2c1NCc1ccccc1)N1CCC(c2ccccc2)CC1. The summed E-state index contributed by atoms with van der Waals surface area (Å²) in [6.07, 6.45) is 3.58. The second-order valence-corrected chi connectivity index (χ2v) is 8.83. The smallest absolute Gasteiger partial charge is 0.257 e. The van der Waals surface area contributed by atoms with Crippen molar-refractivity contribution < 1.29 is 9.90 Å². The standard InChI is InChI=1S/C29H29N3O2/c33-20-24-12-7-13-25-27(24)31-19-26(28(25)30-18-21-8-3-1-4-9-21)29(34)32-16-14-23(15-17-32)22-10-5-2-6-11-22/h1-13,19,23,33H,14-18,20H2,(H,30,31). The van der Waals surface area contributed by atoms with Crippen molar-refractivity contribution in [3.05, 3.63) is 107 Å². The average Bonchev–Trinajstić information content (AvgIpc) is 2.92. The number of nitrogens with zero attached hydrogens (tertiary/aromatic N) is 2. The number of rotatable bonds is 6. The van der Waals surface area contributed by atoms with Crippen LogP contribution in [0.4, 0.5) is 5.69 Å². The Labute approximate surface area is 200 Å². The molecule has 0 unspecified atom stereocenters. The molecule has 0 aliphatic carbocycles. The van der Waals surface area contributed by atoms with Crippen molar-refractivity contribution in [2.75, 3.05) is 18.4 Å². The van der Waals surface area contributed by atoms with Crippen LogP contribution in [0.15, 0.2) is 85.1 Å². The van der Waals surface area contributed by atoms with Gasteiger partial charge >= 0.3 is 0 Å². The molecular weight excluding hydrogens is 422 g/mol. The Hall–Kier alpha value is -3.70. The van der Waals surface area contributed by atoms with Crippen LogP contribution in [0, 0.1) is 0 Å².